The molecule has 0 fully saturated rings. The molecule has 1 unspecified atom stereocenters. The predicted octanol–water partition coefficient (Wildman–Crippen LogP) is 5.23. The van der Waals surface area contributed by atoms with Crippen LogP contribution in [-0.2, 0) is 4.79 Å². The van der Waals surface area contributed by atoms with Crippen LogP contribution < -0.4 is 30.0 Å². The number of rotatable bonds is 10. The van der Waals surface area contributed by atoms with Crippen molar-refractivity contribution in [3.05, 3.63) is 41.5 Å². The summed E-state index contributed by atoms with van der Waals surface area (Å²) in [6, 6.07) is 12.9. The molecule has 4 aromatic rings. The maximum Gasteiger partial charge on any atom is 0.239 e. The second kappa shape index (κ2) is 12.6. The van der Waals surface area contributed by atoms with Crippen LogP contribution in [0.5, 0.6) is 23.0 Å². The Balaban J connectivity index is 1.69. The number of amides is 1. The van der Waals surface area contributed by atoms with Crippen molar-refractivity contribution in [1.82, 2.24) is 9.97 Å². The molecule has 2 aromatic carbocycles. The molecule has 0 aliphatic heterocycles. The normalized spacial score (nSPS) is 11.3. The van der Waals surface area contributed by atoms with E-state index in [4.69, 9.17) is 24.7 Å². The number of benzene rings is 2. The average Bonchev–Trinajstić information content (AvgIpc) is 3.37. The average molecular weight is 591 g/mol. The van der Waals surface area contributed by atoms with E-state index >= 15 is 0 Å². The van der Waals surface area contributed by atoms with Crippen LogP contribution in [0.15, 0.2) is 35.4 Å². The Bertz CT molecular complexity index is 1680. The molecule has 11 nitrogen and oxygen atoms in total. The second-order valence-electron chi connectivity index (χ2n) is 8.40. The predicted molar refractivity (Wildman–Crippen MR) is 158 cm³/mol. The van der Waals surface area contributed by atoms with Crippen LogP contribution >= 0.6 is 23.1 Å². The van der Waals surface area contributed by atoms with E-state index in [2.05, 4.69) is 21.4 Å². The summed E-state index contributed by atoms with van der Waals surface area (Å²) in [5.41, 5.74) is 7.68. The third-order valence-corrected chi connectivity index (χ3v) is 7.95. The van der Waals surface area contributed by atoms with Crippen LogP contribution in [0, 0.1) is 22.7 Å². The molecule has 210 valence electrons. The van der Waals surface area contributed by atoms with E-state index in [9.17, 15) is 15.3 Å². The minimum Gasteiger partial charge on any atom is -0.494 e. The van der Waals surface area contributed by atoms with Gasteiger partial charge in [0, 0.05) is 5.56 Å². The number of nitrogen functional groups attached to an aromatic ring is 1. The van der Waals surface area contributed by atoms with E-state index in [1.807, 2.05) is 31.2 Å². The molecule has 13 heteroatoms. The van der Waals surface area contributed by atoms with Crippen molar-refractivity contribution in [2.75, 3.05) is 39.0 Å². The van der Waals surface area contributed by atoms with Gasteiger partial charge in [-0.05, 0) is 49.7 Å². The zero-order valence-corrected chi connectivity index (χ0v) is 24.5. The largest absolute Gasteiger partial charge is 0.494 e. The summed E-state index contributed by atoms with van der Waals surface area (Å²) in [6.45, 7) is 4.13. The van der Waals surface area contributed by atoms with E-state index < -0.39 is 5.25 Å². The Hall–Kier alpha value is -4.72. The first-order valence-corrected chi connectivity index (χ1v) is 13.9. The fourth-order valence-electron chi connectivity index (χ4n) is 4.04. The summed E-state index contributed by atoms with van der Waals surface area (Å²) in [4.78, 5) is 21.9. The Morgan fingerprint density at radius 3 is 2.34 bits per heavy atom. The van der Waals surface area contributed by atoms with Crippen molar-refractivity contribution < 1.29 is 23.7 Å². The highest BCUT2D eigenvalue weighted by molar-refractivity contribution is 8.00. The summed E-state index contributed by atoms with van der Waals surface area (Å²) in [5, 5.41) is 22.9. The fourth-order valence-corrected chi connectivity index (χ4v) is 5.86. The summed E-state index contributed by atoms with van der Waals surface area (Å²) < 4.78 is 22.7. The van der Waals surface area contributed by atoms with E-state index in [0.717, 1.165) is 27.7 Å². The van der Waals surface area contributed by atoms with Gasteiger partial charge in [0.2, 0.25) is 11.7 Å². The van der Waals surface area contributed by atoms with Gasteiger partial charge in [-0.1, -0.05) is 23.1 Å². The minimum absolute atomic E-state index is 0.0122. The van der Waals surface area contributed by atoms with Crippen LogP contribution in [0.25, 0.3) is 21.3 Å². The van der Waals surface area contributed by atoms with Gasteiger partial charge in [0.15, 0.2) is 16.6 Å². The molecule has 2 aromatic heterocycles. The molecule has 0 spiro atoms. The van der Waals surface area contributed by atoms with Crippen molar-refractivity contribution in [1.29, 1.82) is 10.5 Å². The molecule has 2 heterocycles. The maximum atomic E-state index is 13.1. The number of nitrogens with zero attached hydrogens (tertiary/aromatic N) is 4. The molecule has 4 rings (SSSR count). The van der Waals surface area contributed by atoms with Gasteiger partial charge in [0.1, 0.15) is 34.3 Å². The van der Waals surface area contributed by atoms with E-state index in [-0.39, 0.29) is 33.4 Å². The lowest BCUT2D eigenvalue weighted by molar-refractivity contribution is -0.115. The minimum atomic E-state index is -0.694. The monoisotopic (exact) mass is 590 g/mol. The Labute approximate surface area is 244 Å². The number of nitrogens with two attached hydrogens (primary N) is 1. The Kier molecular flexibility index (Phi) is 9.02. The number of carbonyl (C=O) groups is 1. The number of hydrogen-bond acceptors (Lipinski definition) is 12. The van der Waals surface area contributed by atoms with Crippen molar-refractivity contribution in [2.24, 2.45) is 0 Å². The number of pyridine rings is 1. The van der Waals surface area contributed by atoms with E-state index in [1.54, 1.807) is 19.1 Å². The van der Waals surface area contributed by atoms with E-state index in [1.165, 1.54) is 32.7 Å². The highest BCUT2D eigenvalue weighted by Gasteiger charge is 2.26. The molecule has 0 saturated heterocycles. The number of ether oxygens (including phenoxy) is 4. The standard InChI is InChI=1S/C28H26N6O5S2/c1-6-39-16-7-8-19-22(11-16)41-28(32-19)34-26(35)14(2)40-27-18(13-30)23(17(12-29)25(31)33-27)15-9-20(36-3)24(38-5)21(10-15)37-4/h7-11,14H,6H2,1-5H3,(H2,31,33)(H,32,34,35). The molecular weight excluding hydrogens is 564 g/mol. The number of hydrogen-bond donors (Lipinski definition) is 2. The smallest absolute Gasteiger partial charge is 0.239 e. The molecule has 0 aliphatic rings. The van der Waals surface area contributed by atoms with E-state index in [0.29, 0.717) is 34.6 Å². The number of nitriles is 2. The summed E-state index contributed by atoms with van der Waals surface area (Å²) in [7, 11) is 4.39. The molecule has 0 saturated carbocycles. The van der Waals surface area contributed by atoms with Gasteiger partial charge < -0.3 is 30.0 Å². The molecule has 41 heavy (non-hydrogen) atoms. The number of carbonyl (C=O) groups excluding carboxylic acids is 1. The highest BCUT2D eigenvalue weighted by atomic mass is 32.2. The second-order valence-corrected chi connectivity index (χ2v) is 10.8. The third kappa shape index (κ3) is 5.91. The van der Waals surface area contributed by atoms with Crippen molar-refractivity contribution in [3.63, 3.8) is 0 Å². The molecular formula is C28H26N6O5S2. The lowest BCUT2D eigenvalue weighted by atomic mass is 9.96. The zero-order valence-electron chi connectivity index (χ0n) is 22.9. The zero-order chi connectivity index (χ0) is 29.7. The first-order valence-electron chi connectivity index (χ1n) is 12.2. The number of nitrogens with one attached hydrogen (secondary N) is 1. The first-order chi connectivity index (χ1) is 19.8. The summed E-state index contributed by atoms with van der Waals surface area (Å²) >= 11 is 2.37. The molecule has 0 aliphatic carbocycles. The van der Waals surface area contributed by atoms with Crippen LogP contribution in [0.1, 0.15) is 25.0 Å². The van der Waals surface area contributed by atoms with Gasteiger partial charge in [0.25, 0.3) is 0 Å². The SMILES string of the molecule is CCOc1ccc2nc(NC(=O)C(C)Sc3nc(N)c(C#N)c(-c4cc(OC)c(OC)c(OC)c4)c3C#N)sc2c1. The number of thioether (sulfide) groups is 1. The Morgan fingerprint density at radius 2 is 1.76 bits per heavy atom. The molecule has 0 bridgehead atoms. The highest BCUT2D eigenvalue weighted by Crippen LogP contribution is 2.44. The molecule has 1 amide bonds. The molecule has 0 radical (unpaired) electrons. The number of fused-ring (bicyclic) bond motifs is 1. The van der Waals surface area contributed by atoms with Crippen LogP contribution in [-0.4, -0.2) is 49.1 Å². The topological polar surface area (TPSA) is 165 Å². The van der Waals surface area contributed by atoms with Gasteiger partial charge in [-0.3, -0.25) is 4.79 Å². The summed E-state index contributed by atoms with van der Waals surface area (Å²) in [6.07, 6.45) is 0. The number of methoxy groups -OCH3 is 3. The van der Waals surface area contributed by atoms with Crippen LogP contribution in [0.4, 0.5) is 10.9 Å². The number of anilines is 2. The fraction of sp³-hybridized carbons (Fsp3) is 0.250. The van der Waals surface area contributed by atoms with Gasteiger partial charge >= 0.3 is 0 Å². The summed E-state index contributed by atoms with van der Waals surface area (Å²) in [5.74, 6) is 1.31. The van der Waals surface area contributed by atoms with Crippen molar-refractivity contribution in [3.8, 4) is 46.3 Å². The number of thiazole rings is 1. The van der Waals surface area contributed by atoms with Crippen LogP contribution in [0.2, 0.25) is 0 Å². The van der Waals surface area contributed by atoms with Gasteiger partial charge in [-0.25, -0.2) is 9.97 Å². The lowest BCUT2D eigenvalue weighted by Gasteiger charge is -2.18. The first kappa shape index (κ1) is 29.3. The number of aromatic nitrogens is 2. The van der Waals surface area contributed by atoms with Gasteiger partial charge in [0.05, 0.1) is 49.0 Å². The van der Waals surface area contributed by atoms with Crippen molar-refractivity contribution >= 4 is 50.2 Å². The Morgan fingerprint density at radius 1 is 1.07 bits per heavy atom. The van der Waals surface area contributed by atoms with Gasteiger partial charge in [-0.15, -0.1) is 0 Å². The van der Waals surface area contributed by atoms with Gasteiger partial charge in [-0.2, -0.15) is 10.5 Å². The van der Waals surface area contributed by atoms with Crippen LogP contribution in [0.3, 0.4) is 0 Å². The quantitative estimate of drug-likeness (QED) is 0.232. The lowest BCUT2D eigenvalue weighted by Crippen LogP contribution is -2.22. The molecule has 3 N–H and O–H groups in total. The maximum absolute atomic E-state index is 13.1. The molecule has 1 atom stereocenters. The third-order valence-electron chi connectivity index (χ3n) is 5.93. The van der Waals surface area contributed by atoms with Crippen molar-refractivity contribution in [2.45, 2.75) is 24.1 Å².